The summed E-state index contributed by atoms with van der Waals surface area (Å²) < 4.78 is 5.12. The Morgan fingerprint density at radius 1 is 1.53 bits per heavy atom. The number of aliphatic carboxylic acids is 1. The van der Waals surface area contributed by atoms with Crippen LogP contribution in [0.4, 0.5) is 5.69 Å². The van der Waals surface area contributed by atoms with Crippen molar-refractivity contribution in [1.82, 2.24) is 0 Å². The molecule has 0 radical (unpaired) electrons. The average molecular weight is 263 g/mol. The smallest absolute Gasteiger partial charge is 0.308 e. The molecule has 4 nitrogen and oxygen atoms in total. The summed E-state index contributed by atoms with van der Waals surface area (Å²) >= 11 is 0. The molecule has 0 saturated heterocycles. The fourth-order valence-electron chi connectivity index (χ4n) is 2.66. The van der Waals surface area contributed by atoms with Crippen LogP contribution in [0.1, 0.15) is 18.9 Å². The highest BCUT2D eigenvalue weighted by atomic mass is 16.5. The number of ether oxygens (including phenoxy) is 1. The maximum atomic E-state index is 11.3. The molecule has 19 heavy (non-hydrogen) atoms. The SMILES string of the molecule is COCCC(C)N1CC(C(=O)O)Cc2ccccc21. The van der Waals surface area contributed by atoms with E-state index in [1.54, 1.807) is 7.11 Å². The number of carbonyl (C=O) groups is 1. The zero-order valence-electron chi connectivity index (χ0n) is 11.5. The molecule has 0 bridgehead atoms. The lowest BCUT2D eigenvalue weighted by Crippen LogP contribution is -2.44. The van der Waals surface area contributed by atoms with E-state index >= 15 is 0 Å². The molecule has 0 saturated carbocycles. The summed E-state index contributed by atoms with van der Waals surface area (Å²) in [7, 11) is 1.69. The molecule has 2 rings (SSSR count). The van der Waals surface area contributed by atoms with E-state index in [9.17, 15) is 9.90 Å². The summed E-state index contributed by atoms with van der Waals surface area (Å²) in [6, 6.07) is 8.37. The second-order valence-corrected chi connectivity index (χ2v) is 5.15. The van der Waals surface area contributed by atoms with Crippen LogP contribution in [0, 0.1) is 5.92 Å². The Bertz CT molecular complexity index is 447. The first-order valence-corrected chi connectivity index (χ1v) is 6.69. The van der Waals surface area contributed by atoms with E-state index in [1.165, 1.54) is 5.69 Å². The van der Waals surface area contributed by atoms with E-state index in [-0.39, 0.29) is 12.0 Å². The molecule has 4 heteroatoms. The molecular formula is C15H21NO3. The van der Waals surface area contributed by atoms with Gasteiger partial charge in [0, 0.05) is 32.0 Å². The Morgan fingerprint density at radius 3 is 2.95 bits per heavy atom. The van der Waals surface area contributed by atoms with Gasteiger partial charge in [-0.1, -0.05) is 18.2 Å². The first kappa shape index (κ1) is 13.9. The number of rotatable bonds is 5. The van der Waals surface area contributed by atoms with Crippen molar-refractivity contribution in [2.75, 3.05) is 25.2 Å². The van der Waals surface area contributed by atoms with Gasteiger partial charge in [0.1, 0.15) is 0 Å². The Labute approximate surface area is 114 Å². The molecule has 1 heterocycles. The molecule has 0 aliphatic carbocycles. The van der Waals surface area contributed by atoms with Gasteiger partial charge in [0.15, 0.2) is 0 Å². The zero-order valence-corrected chi connectivity index (χ0v) is 11.5. The molecule has 1 aliphatic heterocycles. The first-order valence-electron chi connectivity index (χ1n) is 6.69. The van der Waals surface area contributed by atoms with E-state index in [0.717, 1.165) is 12.0 Å². The Balaban J connectivity index is 2.23. The van der Waals surface area contributed by atoms with Crippen molar-refractivity contribution < 1.29 is 14.6 Å². The molecule has 1 aromatic carbocycles. The molecule has 0 fully saturated rings. The zero-order chi connectivity index (χ0) is 13.8. The number of carboxylic acid groups (broad SMARTS) is 1. The second kappa shape index (κ2) is 6.06. The minimum atomic E-state index is -0.710. The molecule has 2 unspecified atom stereocenters. The third kappa shape index (κ3) is 3.07. The third-order valence-corrected chi connectivity index (χ3v) is 3.81. The van der Waals surface area contributed by atoms with Gasteiger partial charge in [0.25, 0.3) is 0 Å². The number of fused-ring (bicyclic) bond motifs is 1. The van der Waals surface area contributed by atoms with Gasteiger partial charge in [-0.15, -0.1) is 0 Å². The quantitative estimate of drug-likeness (QED) is 0.884. The van der Waals surface area contributed by atoms with E-state index in [0.29, 0.717) is 19.6 Å². The highest BCUT2D eigenvalue weighted by molar-refractivity contribution is 5.74. The number of hydrogen-bond donors (Lipinski definition) is 1. The Hall–Kier alpha value is -1.55. The number of para-hydroxylation sites is 1. The van der Waals surface area contributed by atoms with Gasteiger partial charge < -0.3 is 14.7 Å². The van der Waals surface area contributed by atoms with Crippen LogP contribution >= 0.6 is 0 Å². The summed E-state index contributed by atoms with van der Waals surface area (Å²) in [5, 5.41) is 9.29. The minimum absolute atomic E-state index is 0.281. The number of anilines is 1. The summed E-state index contributed by atoms with van der Waals surface area (Å²) in [6.45, 7) is 3.40. The Morgan fingerprint density at radius 2 is 2.26 bits per heavy atom. The summed E-state index contributed by atoms with van der Waals surface area (Å²) in [5.41, 5.74) is 2.30. The van der Waals surface area contributed by atoms with Crippen molar-refractivity contribution in [3.8, 4) is 0 Å². The number of methoxy groups -OCH3 is 1. The highest BCUT2D eigenvalue weighted by Gasteiger charge is 2.30. The molecule has 1 aliphatic rings. The van der Waals surface area contributed by atoms with Crippen molar-refractivity contribution in [1.29, 1.82) is 0 Å². The maximum absolute atomic E-state index is 11.3. The predicted molar refractivity (Wildman–Crippen MR) is 74.6 cm³/mol. The van der Waals surface area contributed by atoms with Gasteiger partial charge in [-0.3, -0.25) is 4.79 Å². The summed E-state index contributed by atoms with van der Waals surface area (Å²) in [4.78, 5) is 13.5. The maximum Gasteiger partial charge on any atom is 0.308 e. The number of carboxylic acids is 1. The van der Waals surface area contributed by atoms with Gasteiger partial charge >= 0.3 is 5.97 Å². The lowest BCUT2D eigenvalue weighted by molar-refractivity contribution is -0.141. The molecule has 2 atom stereocenters. The predicted octanol–water partition coefficient (Wildman–Crippen LogP) is 2.17. The largest absolute Gasteiger partial charge is 0.481 e. The van der Waals surface area contributed by atoms with Crippen LogP contribution < -0.4 is 4.90 Å². The topological polar surface area (TPSA) is 49.8 Å². The molecule has 0 spiro atoms. The first-order chi connectivity index (χ1) is 9.13. The fraction of sp³-hybridized carbons (Fsp3) is 0.533. The Kier molecular flexibility index (Phi) is 4.43. The minimum Gasteiger partial charge on any atom is -0.481 e. The van der Waals surface area contributed by atoms with Gasteiger partial charge in [-0.2, -0.15) is 0 Å². The van der Waals surface area contributed by atoms with Crippen LogP contribution in [-0.2, 0) is 16.0 Å². The van der Waals surface area contributed by atoms with Crippen molar-refractivity contribution in [2.45, 2.75) is 25.8 Å². The standard InChI is InChI=1S/C15H21NO3/c1-11(7-8-19-2)16-10-13(15(17)18)9-12-5-3-4-6-14(12)16/h3-6,11,13H,7-10H2,1-2H3,(H,17,18). The van der Waals surface area contributed by atoms with Crippen LogP contribution in [0.25, 0.3) is 0 Å². The summed E-state index contributed by atoms with van der Waals surface area (Å²) in [6.07, 6.45) is 1.52. The van der Waals surface area contributed by atoms with Crippen LogP contribution in [0.5, 0.6) is 0 Å². The second-order valence-electron chi connectivity index (χ2n) is 5.15. The van der Waals surface area contributed by atoms with Crippen molar-refractivity contribution >= 4 is 11.7 Å². The average Bonchev–Trinajstić information content (AvgIpc) is 2.43. The van der Waals surface area contributed by atoms with Crippen molar-refractivity contribution in [3.05, 3.63) is 29.8 Å². The van der Waals surface area contributed by atoms with Crippen LogP contribution in [-0.4, -0.2) is 37.4 Å². The lowest BCUT2D eigenvalue weighted by atomic mass is 9.91. The molecule has 1 N–H and O–H groups in total. The summed E-state index contributed by atoms with van der Waals surface area (Å²) in [5.74, 6) is -1.03. The number of hydrogen-bond acceptors (Lipinski definition) is 3. The third-order valence-electron chi connectivity index (χ3n) is 3.81. The fourth-order valence-corrected chi connectivity index (χ4v) is 2.66. The normalized spacial score (nSPS) is 19.9. The van der Waals surface area contributed by atoms with E-state index < -0.39 is 5.97 Å². The number of nitrogens with zero attached hydrogens (tertiary/aromatic N) is 1. The van der Waals surface area contributed by atoms with Crippen molar-refractivity contribution in [2.24, 2.45) is 5.92 Å². The van der Waals surface area contributed by atoms with Crippen LogP contribution in [0.2, 0.25) is 0 Å². The monoisotopic (exact) mass is 263 g/mol. The van der Waals surface area contributed by atoms with E-state index in [4.69, 9.17) is 4.74 Å². The van der Waals surface area contributed by atoms with Crippen LogP contribution in [0.3, 0.4) is 0 Å². The van der Waals surface area contributed by atoms with Gasteiger partial charge in [0.05, 0.1) is 5.92 Å². The van der Waals surface area contributed by atoms with Crippen LogP contribution in [0.15, 0.2) is 24.3 Å². The molecule has 0 amide bonds. The van der Waals surface area contributed by atoms with Gasteiger partial charge in [-0.05, 0) is 31.4 Å². The molecule has 1 aromatic rings. The molecular weight excluding hydrogens is 242 g/mol. The highest BCUT2D eigenvalue weighted by Crippen LogP contribution is 2.31. The number of benzene rings is 1. The van der Waals surface area contributed by atoms with Gasteiger partial charge in [0.2, 0.25) is 0 Å². The van der Waals surface area contributed by atoms with Gasteiger partial charge in [-0.25, -0.2) is 0 Å². The lowest BCUT2D eigenvalue weighted by Gasteiger charge is -2.38. The van der Waals surface area contributed by atoms with E-state index in [1.807, 2.05) is 18.2 Å². The van der Waals surface area contributed by atoms with E-state index in [2.05, 4.69) is 17.9 Å². The molecule has 104 valence electrons. The van der Waals surface area contributed by atoms with Crippen molar-refractivity contribution in [3.63, 3.8) is 0 Å². The molecule has 0 aromatic heterocycles.